The van der Waals surface area contributed by atoms with Gasteiger partial charge in [-0.25, -0.2) is 9.78 Å². The van der Waals surface area contributed by atoms with Crippen molar-refractivity contribution in [1.29, 1.82) is 0 Å². The number of oxazole rings is 1. The first-order chi connectivity index (χ1) is 11.9. The highest BCUT2D eigenvalue weighted by atomic mass is 16.4. The second kappa shape index (κ2) is 6.96. The van der Waals surface area contributed by atoms with Crippen molar-refractivity contribution in [1.82, 2.24) is 9.88 Å². The standard InChI is InChI=1S/C18H21N3O4/c1-11-5-6-14(8-15(11)16-19-12(2)10-25-16)20-18(24)21-7-3-4-13(9-21)17(22)23/h5-6,8,10,13H,3-4,7,9H2,1-2H3,(H,20,24)(H,22,23). The molecule has 7 nitrogen and oxygen atoms in total. The minimum atomic E-state index is -0.852. The number of carbonyl (C=O) groups excluding carboxylic acids is 1. The summed E-state index contributed by atoms with van der Waals surface area (Å²) in [7, 11) is 0. The summed E-state index contributed by atoms with van der Waals surface area (Å²) in [4.78, 5) is 29.5. The van der Waals surface area contributed by atoms with Crippen LogP contribution in [0.25, 0.3) is 11.5 Å². The molecule has 25 heavy (non-hydrogen) atoms. The van der Waals surface area contributed by atoms with E-state index in [1.807, 2.05) is 32.0 Å². The van der Waals surface area contributed by atoms with E-state index in [-0.39, 0.29) is 12.6 Å². The number of carboxylic acids is 1. The third kappa shape index (κ3) is 3.81. The van der Waals surface area contributed by atoms with Crippen LogP contribution in [-0.2, 0) is 4.79 Å². The number of nitrogens with zero attached hydrogens (tertiary/aromatic N) is 2. The van der Waals surface area contributed by atoms with Crippen LogP contribution in [0.5, 0.6) is 0 Å². The Morgan fingerprint density at radius 3 is 2.84 bits per heavy atom. The average molecular weight is 343 g/mol. The molecule has 1 aromatic heterocycles. The van der Waals surface area contributed by atoms with E-state index in [1.54, 1.807) is 11.2 Å². The van der Waals surface area contributed by atoms with Crippen LogP contribution in [0.15, 0.2) is 28.9 Å². The largest absolute Gasteiger partial charge is 0.481 e. The van der Waals surface area contributed by atoms with Crippen LogP contribution in [0.2, 0.25) is 0 Å². The summed E-state index contributed by atoms with van der Waals surface area (Å²) in [5.74, 6) is -0.840. The Bertz CT molecular complexity index is 799. The first kappa shape index (κ1) is 17.0. The first-order valence-electron chi connectivity index (χ1n) is 8.26. The zero-order valence-electron chi connectivity index (χ0n) is 14.3. The lowest BCUT2D eigenvalue weighted by Crippen LogP contribution is -2.44. The summed E-state index contributed by atoms with van der Waals surface area (Å²) in [6, 6.07) is 5.23. The quantitative estimate of drug-likeness (QED) is 0.891. The number of aryl methyl sites for hydroxylation is 2. The van der Waals surface area contributed by atoms with E-state index >= 15 is 0 Å². The molecule has 1 aromatic carbocycles. The van der Waals surface area contributed by atoms with Crippen LogP contribution in [0.1, 0.15) is 24.1 Å². The van der Waals surface area contributed by atoms with Gasteiger partial charge in [0, 0.05) is 24.3 Å². The van der Waals surface area contributed by atoms with Gasteiger partial charge in [-0.05, 0) is 44.4 Å². The number of rotatable bonds is 3. The van der Waals surface area contributed by atoms with Gasteiger partial charge in [0.15, 0.2) is 0 Å². The van der Waals surface area contributed by atoms with Gasteiger partial charge in [0.2, 0.25) is 5.89 Å². The fraction of sp³-hybridized carbons (Fsp3) is 0.389. The van der Waals surface area contributed by atoms with E-state index in [4.69, 9.17) is 9.52 Å². The molecule has 3 rings (SSSR count). The van der Waals surface area contributed by atoms with E-state index in [9.17, 15) is 9.59 Å². The van der Waals surface area contributed by atoms with Crippen LogP contribution in [0.4, 0.5) is 10.5 Å². The molecule has 2 aromatic rings. The molecule has 1 fully saturated rings. The van der Waals surface area contributed by atoms with Gasteiger partial charge >= 0.3 is 12.0 Å². The molecule has 0 aliphatic carbocycles. The number of piperidine rings is 1. The molecule has 0 bridgehead atoms. The van der Waals surface area contributed by atoms with Gasteiger partial charge in [0.25, 0.3) is 0 Å². The molecule has 7 heteroatoms. The van der Waals surface area contributed by atoms with E-state index < -0.39 is 11.9 Å². The fourth-order valence-corrected chi connectivity index (χ4v) is 2.97. The van der Waals surface area contributed by atoms with Gasteiger partial charge in [-0.15, -0.1) is 0 Å². The fourth-order valence-electron chi connectivity index (χ4n) is 2.97. The number of likely N-dealkylation sites (tertiary alicyclic amines) is 1. The summed E-state index contributed by atoms with van der Waals surface area (Å²) >= 11 is 0. The number of aliphatic carboxylic acids is 1. The molecular formula is C18H21N3O4. The van der Waals surface area contributed by atoms with Crippen LogP contribution >= 0.6 is 0 Å². The van der Waals surface area contributed by atoms with Crippen LogP contribution in [0.3, 0.4) is 0 Å². The minimum Gasteiger partial charge on any atom is -0.481 e. The molecule has 2 amide bonds. The predicted octanol–water partition coefficient (Wildman–Crippen LogP) is 3.29. The van der Waals surface area contributed by atoms with E-state index in [0.29, 0.717) is 31.0 Å². The molecule has 1 aliphatic heterocycles. The molecular weight excluding hydrogens is 322 g/mol. The predicted molar refractivity (Wildman–Crippen MR) is 92.4 cm³/mol. The SMILES string of the molecule is Cc1coc(-c2cc(NC(=O)N3CCCC(C(=O)O)C3)ccc2C)n1. The van der Waals surface area contributed by atoms with Gasteiger partial charge in [0.05, 0.1) is 11.6 Å². The lowest BCUT2D eigenvalue weighted by molar-refractivity contribution is -0.143. The Morgan fingerprint density at radius 2 is 2.16 bits per heavy atom. The van der Waals surface area contributed by atoms with Crippen molar-refractivity contribution in [2.24, 2.45) is 5.92 Å². The summed E-state index contributed by atoms with van der Waals surface area (Å²) in [5.41, 5.74) is 3.22. The van der Waals surface area contributed by atoms with Crippen molar-refractivity contribution >= 4 is 17.7 Å². The first-order valence-corrected chi connectivity index (χ1v) is 8.26. The number of nitrogens with one attached hydrogen (secondary N) is 1. The molecule has 1 aliphatic rings. The molecule has 1 saturated heterocycles. The van der Waals surface area contributed by atoms with Crippen molar-refractivity contribution in [3.05, 3.63) is 35.7 Å². The Balaban J connectivity index is 1.74. The molecule has 1 atom stereocenters. The van der Waals surface area contributed by atoms with Crippen LogP contribution in [0, 0.1) is 19.8 Å². The highest BCUT2D eigenvalue weighted by Gasteiger charge is 2.28. The molecule has 0 spiro atoms. The maximum absolute atomic E-state index is 12.5. The number of carbonyl (C=O) groups is 2. The zero-order valence-corrected chi connectivity index (χ0v) is 14.3. The number of amides is 2. The van der Waals surface area contributed by atoms with Crippen molar-refractivity contribution in [2.45, 2.75) is 26.7 Å². The third-order valence-corrected chi connectivity index (χ3v) is 4.40. The van der Waals surface area contributed by atoms with Crippen molar-refractivity contribution in [2.75, 3.05) is 18.4 Å². The maximum atomic E-state index is 12.5. The second-order valence-corrected chi connectivity index (χ2v) is 6.38. The van der Waals surface area contributed by atoms with Gasteiger partial charge in [-0.2, -0.15) is 0 Å². The summed E-state index contributed by atoms with van der Waals surface area (Å²) in [5, 5.41) is 12.0. The van der Waals surface area contributed by atoms with Gasteiger partial charge < -0.3 is 19.7 Å². The molecule has 132 valence electrons. The van der Waals surface area contributed by atoms with Gasteiger partial charge in [0.1, 0.15) is 6.26 Å². The number of aromatic nitrogens is 1. The topological polar surface area (TPSA) is 95.7 Å². The maximum Gasteiger partial charge on any atom is 0.321 e. The zero-order chi connectivity index (χ0) is 18.0. The highest BCUT2D eigenvalue weighted by molar-refractivity contribution is 5.90. The molecule has 2 heterocycles. The van der Waals surface area contributed by atoms with Gasteiger partial charge in [-0.1, -0.05) is 6.07 Å². The van der Waals surface area contributed by atoms with E-state index in [0.717, 1.165) is 16.8 Å². The average Bonchev–Trinajstić information content (AvgIpc) is 3.03. The smallest absolute Gasteiger partial charge is 0.321 e. The minimum absolute atomic E-state index is 0.235. The molecule has 0 saturated carbocycles. The van der Waals surface area contributed by atoms with Crippen LogP contribution < -0.4 is 5.32 Å². The number of anilines is 1. The monoisotopic (exact) mass is 343 g/mol. The third-order valence-electron chi connectivity index (χ3n) is 4.40. The molecule has 1 unspecified atom stereocenters. The highest BCUT2D eigenvalue weighted by Crippen LogP contribution is 2.26. The number of hydrogen-bond acceptors (Lipinski definition) is 4. The normalized spacial score (nSPS) is 17.4. The lowest BCUT2D eigenvalue weighted by atomic mass is 9.99. The van der Waals surface area contributed by atoms with Crippen LogP contribution in [-0.4, -0.2) is 40.1 Å². The Labute approximate surface area is 145 Å². The second-order valence-electron chi connectivity index (χ2n) is 6.38. The summed E-state index contributed by atoms with van der Waals surface area (Å²) in [6.45, 7) is 4.60. The number of benzene rings is 1. The Hall–Kier alpha value is -2.83. The Kier molecular flexibility index (Phi) is 4.74. The molecule has 2 N–H and O–H groups in total. The van der Waals surface area contributed by atoms with Crippen molar-refractivity contribution < 1.29 is 19.1 Å². The summed E-state index contributed by atoms with van der Waals surface area (Å²) in [6.07, 6.45) is 2.89. The van der Waals surface area contributed by atoms with Gasteiger partial charge in [-0.3, -0.25) is 4.79 Å². The molecule has 0 radical (unpaired) electrons. The number of hydrogen-bond donors (Lipinski definition) is 2. The van der Waals surface area contributed by atoms with Crippen molar-refractivity contribution in [3.8, 4) is 11.5 Å². The Morgan fingerprint density at radius 1 is 1.36 bits per heavy atom. The van der Waals surface area contributed by atoms with Crippen molar-refractivity contribution in [3.63, 3.8) is 0 Å². The summed E-state index contributed by atoms with van der Waals surface area (Å²) < 4.78 is 5.45. The van der Waals surface area contributed by atoms with E-state index in [1.165, 1.54) is 0 Å². The lowest BCUT2D eigenvalue weighted by Gasteiger charge is -2.30. The number of urea groups is 1. The van der Waals surface area contributed by atoms with E-state index in [2.05, 4.69) is 10.3 Å². The number of carboxylic acid groups (broad SMARTS) is 1.